The fraction of sp³-hybridized carbons (Fsp3) is 0.909. The van der Waals surface area contributed by atoms with E-state index >= 15 is 0 Å². The van der Waals surface area contributed by atoms with Gasteiger partial charge in [0.05, 0.1) is 0 Å². The molecule has 0 aromatic carbocycles. The molecular formula is C11H20N2O. The van der Waals surface area contributed by atoms with Crippen LogP contribution in [0.15, 0.2) is 0 Å². The third-order valence-electron chi connectivity index (χ3n) is 3.81. The van der Waals surface area contributed by atoms with Crippen molar-refractivity contribution in [2.24, 2.45) is 17.6 Å². The number of hydrogen-bond donors (Lipinski definition) is 2. The Morgan fingerprint density at radius 2 is 2.00 bits per heavy atom. The topological polar surface area (TPSA) is 55.1 Å². The molecule has 1 amide bonds. The predicted octanol–water partition coefficient (Wildman–Crippen LogP) is 1.03. The van der Waals surface area contributed by atoms with Crippen molar-refractivity contribution in [3.63, 3.8) is 0 Å². The molecule has 3 heteroatoms. The van der Waals surface area contributed by atoms with E-state index in [2.05, 4.69) is 19.2 Å². The molecule has 2 fully saturated rings. The van der Waals surface area contributed by atoms with E-state index < -0.39 is 0 Å². The van der Waals surface area contributed by atoms with E-state index in [1.807, 2.05) is 0 Å². The molecule has 2 saturated carbocycles. The Balaban J connectivity index is 1.83. The normalized spacial score (nSPS) is 33.7. The molecule has 3 nitrogen and oxygen atoms in total. The molecule has 2 aliphatic rings. The summed E-state index contributed by atoms with van der Waals surface area (Å²) in [5.41, 5.74) is 5.80. The average Bonchev–Trinajstić information content (AvgIpc) is 2.79. The smallest absolute Gasteiger partial charge is 0.223 e. The van der Waals surface area contributed by atoms with Gasteiger partial charge in [-0.1, -0.05) is 13.8 Å². The lowest BCUT2D eigenvalue weighted by Gasteiger charge is -2.33. The summed E-state index contributed by atoms with van der Waals surface area (Å²) in [7, 11) is 0. The highest BCUT2D eigenvalue weighted by Crippen LogP contribution is 2.42. The van der Waals surface area contributed by atoms with Crippen LogP contribution in [-0.4, -0.2) is 17.5 Å². The highest BCUT2D eigenvalue weighted by Gasteiger charge is 2.48. The Hall–Kier alpha value is -0.570. The molecule has 0 aliphatic heterocycles. The molecule has 80 valence electrons. The minimum absolute atomic E-state index is 0.136. The molecule has 0 bridgehead atoms. The summed E-state index contributed by atoms with van der Waals surface area (Å²) >= 11 is 0. The van der Waals surface area contributed by atoms with Crippen molar-refractivity contribution >= 4 is 5.91 Å². The molecule has 0 aromatic rings. The van der Waals surface area contributed by atoms with Crippen molar-refractivity contribution in [3.8, 4) is 0 Å². The predicted molar refractivity (Wildman–Crippen MR) is 55.6 cm³/mol. The van der Waals surface area contributed by atoms with Crippen LogP contribution in [0.3, 0.4) is 0 Å². The van der Waals surface area contributed by atoms with Gasteiger partial charge in [-0.3, -0.25) is 4.79 Å². The van der Waals surface area contributed by atoms with Crippen LogP contribution in [0, 0.1) is 11.8 Å². The molecule has 3 N–H and O–H groups in total. The summed E-state index contributed by atoms with van der Waals surface area (Å²) in [4.78, 5) is 11.8. The van der Waals surface area contributed by atoms with Gasteiger partial charge in [0.1, 0.15) is 0 Å². The maximum atomic E-state index is 11.8. The zero-order valence-corrected chi connectivity index (χ0v) is 9.05. The molecule has 0 heterocycles. The Morgan fingerprint density at radius 3 is 2.36 bits per heavy atom. The van der Waals surface area contributed by atoms with E-state index in [1.54, 1.807) is 0 Å². The van der Waals surface area contributed by atoms with Gasteiger partial charge < -0.3 is 11.1 Å². The van der Waals surface area contributed by atoms with Crippen LogP contribution in [0.1, 0.15) is 39.5 Å². The van der Waals surface area contributed by atoms with Gasteiger partial charge in [0.25, 0.3) is 0 Å². The largest absolute Gasteiger partial charge is 0.350 e. The molecule has 0 spiro atoms. The quantitative estimate of drug-likeness (QED) is 0.708. The summed E-state index contributed by atoms with van der Waals surface area (Å²) in [6, 6.07) is 0.264. The fourth-order valence-electron chi connectivity index (χ4n) is 2.20. The number of carbonyl (C=O) groups excluding carboxylic acids is 1. The van der Waals surface area contributed by atoms with Gasteiger partial charge in [0.15, 0.2) is 0 Å². The molecule has 14 heavy (non-hydrogen) atoms. The number of carbonyl (C=O) groups is 1. The molecule has 0 aromatic heterocycles. The minimum atomic E-state index is 0.136. The molecule has 0 atom stereocenters. The zero-order chi connectivity index (χ0) is 10.3. The van der Waals surface area contributed by atoms with Gasteiger partial charge in [-0.25, -0.2) is 0 Å². The number of rotatable bonds is 3. The lowest BCUT2D eigenvalue weighted by atomic mass is 9.80. The number of nitrogens with one attached hydrogen (secondary N) is 1. The van der Waals surface area contributed by atoms with Crippen molar-refractivity contribution in [2.45, 2.75) is 51.1 Å². The van der Waals surface area contributed by atoms with Crippen molar-refractivity contribution in [2.75, 3.05) is 0 Å². The Labute approximate surface area is 85.4 Å². The first-order valence-electron chi connectivity index (χ1n) is 5.61. The second-order valence-electron chi connectivity index (χ2n) is 5.23. The summed E-state index contributed by atoms with van der Waals surface area (Å²) in [5, 5.41) is 3.19. The van der Waals surface area contributed by atoms with Gasteiger partial charge in [-0.05, 0) is 31.6 Å². The summed E-state index contributed by atoms with van der Waals surface area (Å²) in [5.74, 6) is 0.985. The van der Waals surface area contributed by atoms with E-state index in [1.165, 1.54) is 0 Å². The van der Waals surface area contributed by atoms with Crippen LogP contribution >= 0.6 is 0 Å². The Morgan fingerprint density at radius 1 is 1.43 bits per heavy atom. The van der Waals surface area contributed by atoms with Crippen LogP contribution in [0.4, 0.5) is 0 Å². The Kier molecular flexibility index (Phi) is 2.30. The number of nitrogens with two attached hydrogens (primary N) is 1. The summed E-state index contributed by atoms with van der Waals surface area (Å²) in [6.07, 6.45) is 4.05. The fourth-order valence-corrected chi connectivity index (χ4v) is 2.20. The van der Waals surface area contributed by atoms with E-state index in [-0.39, 0.29) is 23.4 Å². The number of hydrogen-bond acceptors (Lipinski definition) is 2. The van der Waals surface area contributed by atoms with Crippen LogP contribution < -0.4 is 11.1 Å². The third kappa shape index (κ3) is 1.65. The van der Waals surface area contributed by atoms with Gasteiger partial charge in [-0.15, -0.1) is 0 Å². The Bertz CT molecular complexity index is 240. The number of amides is 1. The lowest BCUT2D eigenvalue weighted by Crippen LogP contribution is -2.50. The molecular weight excluding hydrogens is 176 g/mol. The minimum Gasteiger partial charge on any atom is -0.350 e. The van der Waals surface area contributed by atoms with Crippen LogP contribution in [0.25, 0.3) is 0 Å². The monoisotopic (exact) mass is 196 g/mol. The van der Waals surface area contributed by atoms with Crippen LogP contribution in [-0.2, 0) is 4.79 Å². The molecule has 0 saturated heterocycles. The van der Waals surface area contributed by atoms with Gasteiger partial charge in [0, 0.05) is 17.5 Å². The highest BCUT2D eigenvalue weighted by molar-refractivity contribution is 5.81. The van der Waals surface area contributed by atoms with E-state index in [0.29, 0.717) is 5.92 Å². The van der Waals surface area contributed by atoms with E-state index in [0.717, 1.165) is 25.7 Å². The molecule has 2 rings (SSSR count). The highest BCUT2D eigenvalue weighted by atomic mass is 16.2. The van der Waals surface area contributed by atoms with Crippen molar-refractivity contribution in [1.82, 2.24) is 5.32 Å². The van der Waals surface area contributed by atoms with E-state index in [9.17, 15) is 4.79 Å². The van der Waals surface area contributed by atoms with Crippen molar-refractivity contribution < 1.29 is 4.79 Å². The maximum absolute atomic E-state index is 11.8. The standard InChI is InChI=1S/C11H20N2O/c1-7(2)11(3-4-11)13-10(14)8-5-9(12)6-8/h7-9H,3-6,12H2,1-2H3,(H,13,14). The van der Waals surface area contributed by atoms with E-state index in [4.69, 9.17) is 5.73 Å². The first kappa shape index (κ1) is 9.97. The molecule has 0 radical (unpaired) electrons. The van der Waals surface area contributed by atoms with Crippen LogP contribution in [0.5, 0.6) is 0 Å². The molecule has 0 unspecified atom stereocenters. The first-order valence-corrected chi connectivity index (χ1v) is 5.61. The van der Waals surface area contributed by atoms with Crippen molar-refractivity contribution in [1.29, 1.82) is 0 Å². The summed E-state index contributed by atoms with van der Waals surface area (Å²) in [6.45, 7) is 4.36. The SMILES string of the molecule is CC(C)C1(NC(=O)C2CC(N)C2)CC1. The zero-order valence-electron chi connectivity index (χ0n) is 9.05. The summed E-state index contributed by atoms with van der Waals surface area (Å²) < 4.78 is 0. The second kappa shape index (κ2) is 3.23. The molecule has 2 aliphatic carbocycles. The third-order valence-corrected chi connectivity index (χ3v) is 3.81. The average molecular weight is 196 g/mol. The second-order valence-corrected chi connectivity index (χ2v) is 5.23. The van der Waals surface area contributed by atoms with Gasteiger partial charge in [-0.2, -0.15) is 0 Å². The maximum Gasteiger partial charge on any atom is 0.223 e. The first-order chi connectivity index (χ1) is 6.53. The van der Waals surface area contributed by atoms with Gasteiger partial charge in [0.2, 0.25) is 5.91 Å². The van der Waals surface area contributed by atoms with Gasteiger partial charge >= 0.3 is 0 Å². The lowest BCUT2D eigenvalue weighted by molar-refractivity contribution is -0.129. The van der Waals surface area contributed by atoms with Crippen molar-refractivity contribution in [3.05, 3.63) is 0 Å². The van der Waals surface area contributed by atoms with Crippen LogP contribution in [0.2, 0.25) is 0 Å².